The Morgan fingerprint density at radius 1 is 1.03 bits per heavy atom. The van der Waals surface area contributed by atoms with Crippen LogP contribution < -0.4 is 9.47 Å². The van der Waals surface area contributed by atoms with Crippen LogP contribution >= 0.6 is 0 Å². The van der Waals surface area contributed by atoms with Gasteiger partial charge in [0.1, 0.15) is 11.6 Å². The third-order valence-corrected chi connectivity index (χ3v) is 6.15. The summed E-state index contributed by atoms with van der Waals surface area (Å²) in [4.78, 5) is 29.6. The molecule has 1 amide bonds. The summed E-state index contributed by atoms with van der Waals surface area (Å²) in [5.74, 6) is -1.61. The van der Waals surface area contributed by atoms with Crippen LogP contribution in [0.1, 0.15) is 17.2 Å². The Hall–Kier alpha value is -3.43. The van der Waals surface area contributed by atoms with Crippen LogP contribution in [0.3, 0.4) is 0 Å². The molecule has 3 heterocycles. The van der Waals surface area contributed by atoms with Crippen LogP contribution in [0.2, 0.25) is 0 Å². The van der Waals surface area contributed by atoms with E-state index < -0.39 is 23.5 Å². The third kappa shape index (κ3) is 3.94. The van der Waals surface area contributed by atoms with E-state index >= 15 is 0 Å². The largest absolute Gasteiger partial charge is 0.507 e. The molecule has 0 aromatic heterocycles. The molecule has 0 saturated carbocycles. The molecule has 5 rings (SSSR count). The lowest BCUT2D eigenvalue weighted by molar-refractivity contribution is -0.140. The van der Waals surface area contributed by atoms with Crippen molar-refractivity contribution in [2.24, 2.45) is 0 Å². The van der Waals surface area contributed by atoms with Crippen LogP contribution in [-0.4, -0.2) is 72.8 Å². The first-order valence-corrected chi connectivity index (χ1v) is 10.8. The van der Waals surface area contributed by atoms with Gasteiger partial charge in [0, 0.05) is 37.3 Å². The Balaban J connectivity index is 1.55. The Morgan fingerprint density at radius 3 is 2.58 bits per heavy atom. The zero-order chi connectivity index (χ0) is 22.9. The van der Waals surface area contributed by atoms with E-state index in [2.05, 4.69) is 4.90 Å². The summed E-state index contributed by atoms with van der Waals surface area (Å²) in [6, 6.07) is 9.66. The minimum Gasteiger partial charge on any atom is -0.507 e. The average molecular weight is 454 g/mol. The van der Waals surface area contributed by atoms with Crippen molar-refractivity contribution >= 4 is 17.4 Å². The van der Waals surface area contributed by atoms with Gasteiger partial charge < -0.3 is 24.2 Å². The van der Waals surface area contributed by atoms with Crippen LogP contribution in [0.4, 0.5) is 4.39 Å². The number of halogens is 1. The van der Waals surface area contributed by atoms with Gasteiger partial charge >= 0.3 is 0 Å². The van der Waals surface area contributed by atoms with Gasteiger partial charge in [-0.2, -0.15) is 0 Å². The van der Waals surface area contributed by atoms with Gasteiger partial charge in [0.2, 0.25) is 6.79 Å². The number of ether oxygens (including phenoxy) is 3. The van der Waals surface area contributed by atoms with Crippen LogP contribution in [0.15, 0.2) is 48.0 Å². The van der Waals surface area contributed by atoms with Crippen LogP contribution in [-0.2, 0) is 14.3 Å². The van der Waals surface area contributed by atoms with E-state index in [1.165, 1.54) is 29.2 Å². The molecule has 0 aliphatic carbocycles. The number of carbonyl (C=O) groups excluding carboxylic acids is 2. The number of benzene rings is 2. The van der Waals surface area contributed by atoms with Crippen molar-refractivity contribution in [3.63, 3.8) is 0 Å². The summed E-state index contributed by atoms with van der Waals surface area (Å²) in [6.45, 7) is 3.39. The molecule has 0 radical (unpaired) electrons. The number of aliphatic hydroxyl groups is 1. The molecular formula is C24H23FN2O6. The number of fused-ring (bicyclic) bond motifs is 1. The number of nitrogens with zero attached hydrogens (tertiary/aromatic N) is 2. The van der Waals surface area contributed by atoms with E-state index in [9.17, 15) is 19.1 Å². The number of rotatable bonds is 5. The number of ketones is 1. The molecule has 1 N–H and O–H groups in total. The van der Waals surface area contributed by atoms with E-state index in [1.54, 1.807) is 18.2 Å². The van der Waals surface area contributed by atoms with E-state index in [4.69, 9.17) is 14.2 Å². The number of aliphatic hydroxyl groups excluding tert-OH is 1. The molecule has 0 spiro atoms. The average Bonchev–Trinajstić information content (AvgIpc) is 3.40. The summed E-state index contributed by atoms with van der Waals surface area (Å²) < 4.78 is 30.9. The molecular weight excluding hydrogens is 431 g/mol. The van der Waals surface area contributed by atoms with E-state index in [0.717, 1.165) is 0 Å². The fraction of sp³-hybridized carbons (Fsp3) is 0.333. The number of carbonyl (C=O) groups is 2. The first kappa shape index (κ1) is 21.4. The third-order valence-electron chi connectivity index (χ3n) is 6.15. The molecule has 33 heavy (non-hydrogen) atoms. The standard InChI is InChI=1S/C24H23FN2O6/c25-17-4-2-1-3-16(17)21-20(22(28)15-5-6-18-19(13-15)33-14-32-18)23(29)24(30)27(21)8-7-26-9-11-31-12-10-26/h1-6,13,21,28H,7-12,14H2. The van der Waals surface area contributed by atoms with Gasteiger partial charge in [0.25, 0.3) is 11.7 Å². The second-order valence-corrected chi connectivity index (χ2v) is 8.04. The molecule has 1 atom stereocenters. The maximum Gasteiger partial charge on any atom is 0.295 e. The van der Waals surface area contributed by atoms with Gasteiger partial charge in [-0.05, 0) is 24.3 Å². The molecule has 2 saturated heterocycles. The highest BCUT2D eigenvalue weighted by atomic mass is 19.1. The van der Waals surface area contributed by atoms with Crippen LogP contribution in [0.5, 0.6) is 11.5 Å². The fourth-order valence-electron chi connectivity index (χ4n) is 4.40. The highest BCUT2D eigenvalue weighted by Crippen LogP contribution is 2.41. The van der Waals surface area contributed by atoms with E-state index in [-0.39, 0.29) is 35.8 Å². The Morgan fingerprint density at radius 2 is 1.79 bits per heavy atom. The lowest BCUT2D eigenvalue weighted by atomic mass is 9.95. The molecule has 1 unspecified atom stereocenters. The van der Waals surface area contributed by atoms with Crippen molar-refractivity contribution in [2.75, 3.05) is 46.2 Å². The van der Waals surface area contributed by atoms with E-state index in [0.29, 0.717) is 44.3 Å². The second-order valence-electron chi connectivity index (χ2n) is 8.04. The van der Waals surface area contributed by atoms with Gasteiger partial charge in [0.05, 0.1) is 24.8 Å². The predicted octanol–water partition coefficient (Wildman–Crippen LogP) is 2.31. The smallest absolute Gasteiger partial charge is 0.295 e. The highest BCUT2D eigenvalue weighted by molar-refractivity contribution is 6.46. The second kappa shape index (κ2) is 8.84. The van der Waals surface area contributed by atoms with Crippen molar-refractivity contribution in [2.45, 2.75) is 6.04 Å². The monoisotopic (exact) mass is 454 g/mol. The first-order valence-electron chi connectivity index (χ1n) is 10.8. The number of morpholine rings is 1. The summed E-state index contributed by atoms with van der Waals surface area (Å²) in [5.41, 5.74) is 0.290. The minimum atomic E-state index is -1.04. The first-order chi connectivity index (χ1) is 16.0. The molecule has 2 fully saturated rings. The molecule has 3 aliphatic heterocycles. The van der Waals surface area contributed by atoms with Gasteiger partial charge in [0.15, 0.2) is 11.5 Å². The van der Waals surface area contributed by atoms with Crippen molar-refractivity contribution < 1.29 is 33.3 Å². The zero-order valence-electron chi connectivity index (χ0n) is 17.8. The molecule has 8 nitrogen and oxygen atoms in total. The number of hydrogen-bond donors (Lipinski definition) is 1. The van der Waals surface area contributed by atoms with Crippen LogP contribution in [0, 0.1) is 5.82 Å². The van der Waals surface area contributed by atoms with Crippen molar-refractivity contribution in [3.05, 3.63) is 65.0 Å². The highest BCUT2D eigenvalue weighted by Gasteiger charge is 2.47. The molecule has 172 valence electrons. The Bertz CT molecular complexity index is 1130. The summed E-state index contributed by atoms with van der Waals surface area (Å²) in [6.07, 6.45) is 0. The van der Waals surface area contributed by atoms with Crippen molar-refractivity contribution in [1.29, 1.82) is 0 Å². The normalized spacial score (nSPS) is 22.2. The van der Waals surface area contributed by atoms with Gasteiger partial charge in [-0.1, -0.05) is 18.2 Å². The predicted molar refractivity (Wildman–Crippen MR) is 115 cm³/mol. The molecule has 2 aromatic carbocycles. The summed E-state index contributed by atoms with van der Waals surface area (Å²) in [7, 11) is 0. The van der Waals surface area contributed by atoms with Crippen LogP contribution in [0.25, 0.3) is 5.76 Å². The summed E-state index contributed by atoms with van der Waals surface area (Å²) in [5, 5.41) is 11.1. The number of hydrogen-bond acceptors (Lipinski definition) is 7. The lowest BCUT2D eigenvalue weighted by Crippen LogP contribution is -2.42. The summed E-state index contributed by atoms with van der Waals surface area (Å²) >= 11 is 0. The van der Waals surface area contributed by atoms with Gasteiger partial charge in [-0.25, -0.2) is 4.39 Å². The lowest BCUT2D eigenvalue weighted by Gasteiger charge is -2.31. The minimum absolute atomic E-state index is 0.0563. The Kier molecular flexibility index (Phi) is 5.74. The quantitative estimate of drug-likeness (QED) is 0.421. The SMILES string of the molecule is O=C1C(=O)N(CCN2CCOCC2)C(c2ccccc2F)C1=C(O)c1ccc2c(c1)OCO2. The number of likely N-dealkylation sites (tertiary alicyclic amines) is 1. The topological polar surface area (TPSA) is 88.5 Å². The maximum atomic E-state index is 14.9. The molecule has 2 aromatic rings. The van der Waals surface area contributed by atoms with Crippen molar-refractivity contribution in [3.8, 4) is 11.5 Å². The molecule has 9 heteroatoms. The van der Waals surface area contributed by atoms with Crippen molar-refractivity contribution in [1.82, 2.24) is 9.80 Å². The maximum absolute atomic E-state index is 14.9. The molecule has 0 bridgehead atoms. The van der Waals surface area contributed by atoms with Gasteiger partial charge in [-0.3, -0.25) is 14.5 Å². The van der Waals surface area contributed by atoms with Gasteiger partial charge in [-0.15, -0.1) is 0 Å². The number of Topliss-reactive ketones (excluding diaryl/α,β-unsaturated/α-hetero) is 1. The zero-order valence-corrected chi connectivity index (χ0v) is 17.8. The molecule has 3 aliphatic rings. The van der Waals surface area contributed by atoms with E-state index in [1.807, 2.05) is 0 Å². The Labute approximate surface area is 189 Å². The fourth-order valence-corrected chi connectivity index (χ4v) is 4.40. The number of amides is 1.